The first-order valence-electron chi connectivity index (χ1n) is 6.48. The fraction of sp³-hybridized carbons (Fsp3) is 1.00. The molecular weight excluding hydrogens is 280 g/mol. The maximum Gasteiger partial charge on any atom is 0.253 e. The molecule has 3 nitrogen and oxygen atoms in total. The van der Waals surface area contributed by atoms with Crippen LogP contribution in [0.25, 0.3) is 0 Å². The van der Waals surface area contributed by atoms with Crippen LogP contribution < -0.4 is 0 Å². The standard InChI is InChI=1S/C10H29O3Si4/c1-9-10-17(8,13-15(4)5)16(6,7)12-11-14(2)3/h15H,9-10H2,1-8H3. The minimum Gasteiger partial charge on any atom is -0.458 e. The van der Waals surface area contributed by atoms with E-state index in [1.807, 2.05) is 0 Å². The highest BCUT2D eigenvalue weighted by atomic mass is 29.3. The molecule has 0 saturated carbocycles. The van der Waals surface area contributed by atoms with Crippen LogP contribution in [0.2, 0.25) is 51.9 Å². The van der Waals surface area contributed by atoms with Crippen molar-refractivity contribution in [2.24, 2.45) is 0 Å². The molecule has 0 heterocycles. The molecule has 0 bridgehead atoms. The van der Waals surface area contributed by atoms with Gasteiger partial charge in [0.1, 0.15) is 0 Å². The third-order valence-corrected chi connectivity index (χ3v) is 21.7. The van der Waals surface area contributed by atoms with Gasteiger partial charge in [0, 0.05) is 0 Å². The Hall–Kier alpha value is 0.748. The molecule has 0 amide bonds. The maximum absolute atomic E-state index is 6.42. The van der Waals surface area contributed by atoms with Gasteiger partial charge in [-0.15, -0.1) is 0 Å². The molecule has 0 fully saturated rings. The Morgan fingerprint density at radius 2 is 1.65 bits per heavy atom. The van der Waals surface area contributed by atoms with Crippen molar-refractivity contribution in [3.05, 3.63) is 0 Å². The van der Waals surface area contributed by atoms with Crippen LogP contribution in [0.15, 0.2) is 0 Å². The molecule has 1 unspecified atom stereocenters. The Bertz CT molecular complexity index is 224. The van der Waals surface area contributed by atoms with E-state index < -0.39 is 33.8 Å². The second-order valence-corrected chi connectivity index (χ2v) is 23.7. The van der Waals surface area contributed by atoms with Gasteiger partial charge in [0.15, 0.2) is 16.9 Å². The minimum absolute atomic E-state index is 0.779. The molecule has 0 aromatic carbocycles. The van der Waals surface area contributed by atoms with E-state index in [-0.39, 0.29) is 0 Å². The van der Waals surface area contributed by atoms with E-state index in [0.29, 0.717) is 0 Å². The van der Waals surface area contributed by atoms with Crippen molar-refractivity contribution >= 4 is 33.8 Å². The molecule has 1 radical (unpaired) electrons. The lowest BCUT2D eigenvalue weighted by Gasteiger charge is -2.40. The fourth-order valence-corrected chi connectivity index (χ4v) is 18.9. The summed E-state index contributed by atoms with van der Waals surface area (Å²) in [7, 11) is -5.37. The molecule has 1 atom stereocenters. The molecule has 0 aromatic rings. The molecule has 0 aromatic heterocycles. The van der Waals surface area contributed by atoms with Gasteiger partial charge in [-0.05, 0) is 51.9 Å². The molecule has 0 aliphatic rings. The lowest BCUT2D eigenvalue weighted by atomic mass is 10.6. The van der Waals surface area contributed by atoms with Gasteiger partial charge in [-0.3, -0.25) is 9.15 Å². The summed E-state index contributed by atoms with van der Waals surface area (Å²) in [5.74, 6) is 0. The molecular formula is C10H29O3Si4. The van der Waals surface area contributed by atoms with Crippen molar-refractivity contribution < 1.29 is 13.3 Å². The average molecular weight is 310 g/mol. The van der Waals surface area contributed by atoms with E-state index in [9.17, 15) is 0 Å². The predicted octanol–water partition coefficient (Wildman–Crippen LogP) is 3.45. The Morgan fingerprint density at radius 1 is 1.12 bits per heavy atom. The Labute approximate surface area is 112 Å². The normalized spacial score (nSPS) is 16.6. The first-order chi connectivity index (χ1) is 7.64. The van der Waals surface area contributed by atoms with Crippen LogP contribution in [0, 0.1) is 0 Å². The van der Waals surface area contributed by atoms with Crippen molar-refractivity contribution in [3.8, 4) is 0 Å². The zero-order valence-electron chi connectivity index (χ0n) is 12.7. The topological polar surface area (TPSA) is 27.7 Å². The fourth-order valence-electron chi connectivity index (χ4n) is 1.77. The molecule has 7 heteroatoms. The van der Waals surface area contributed by atoms with Crippen LogP contribution in [0.3, 0.4) is 0 Å². The van der Waals surface area contributed by atoms with Gasteiger partial charge >= 0.3 is 0 Å². The Kier molecular flexibility index (Phi) is 7.69. The van der Waals surface area contributed by atoms with Crippen molar-refractivity contribution in [1.82, 2.24) is 0 Å². The third-order valence-electron chi connectivity index (χ3n) is 2.91. The molecule has 0 N–H and O–H groups in total. The lowest BCUT2D eigenvalue weighted by Crippen LogP contribution is -2.62. The van der Waals surface area contributed by atoms with Gasteiger partial charge in [0.2, 0.25) is 7.83 Å². The summed E-state index contributed by atoms with van der Waals surface area (Å²) in [5.41, 5.74) is 0. The largest absolute Gasteiger partial charge is 0.458 e. The summed E-state index contributed by atoms with van der Waals surface area (Å²) in [6.45, 7) is 17.8. The van der Waals surface area contributed by atoms with E-state index in [2.05, 4.69) is 52.8 Å². The summed E-state index contributed by atoms with van der Waals surface area (Å²) in [5, 5.41) is 0. The predicted molar refractivity (Wildman–Crippen MR) is 83.8 cm³/mol. The van der Waals surface area contributed by atoms with Gasteiger partial charge in [0.05, 0.1) is 0 Å². The second kappa shape index (κ2) is 7.36. The van der Waals surface area contributed by atoms with E-state index in [0.717, 1.165) is 0 Å². The number of hydrogen-bond donors (Lipinski definition) is 0. The van der Waals surface area contributed by atoms with Crippen LogP contribution in [0.5, 0.6) is 0 Å². The summed E-state index contributed by atoms with van der Waals surface area (Å²) in [6, 6.07) is 1.19. The number of hydrogen-bond acceptors (Lipinski definition) is 3. The average Bonchev–Trinajstić information content (AvgIpc) is 2.13. The van der Waals surface area contributed by atoms with Gasteiger partial charge < -0.3 is 4.12 Å². The highest BCUT2D eigenvalue weighted by Crippen LogP contribution is 2.28. The molecule has 103 valence electrons. The van der Waals surface area contributed by atoms with Crippen molar-refractivity contribution in [1.29, 1.82) is 0 Å². The highest BCUT2D eigenvalue weighted by Gasteiger charge is 2.50. The molecule has 0 saturated heterocycles. The quantitative estimate of drug-likeness (QED) is 0.390. The summed E-state index contributed by atoms with van der Waals surface area (Å²) >= 11 is 0. The zero-order valence-corrected chi connectivity index (χ0v) is 16.9. The van der Waals surface area contributed by atoms with Crippen LogP contribution in [-0.2, 0) is 13.3 Å². The van der Waals surface area contributed by atoms with Crippen molar-refractivity contribution in [2.45, 2.75) is 65.2 Å². The maximum atomic E-state index is 6.42. The minimum atomic E-state index is -1.85. The molecule has 0 aliphatic heterocycles. The summed E-state index contributed by atoms with van der Waals surface area (Å²) < 4.78 is 17.8. The molecule has 0 spiro atoms. The highest BCUT2D eigenvalue weighted by molar-refractivity contribution is 7.36. The first kappa shape index (κ1) is 17.7. The Morgan fingerprint density at radius 3 is 2.00 bits per heavy atom. The Balaban J connectivity index is 4.75. The monoisotopic (exact) mass is 309 g/mol. The molecule has 0 aliphatic carbocycles. The smallest absolute Gasteiger partial charge is 0.253 e. The zero-order chi connectivity index (χ0) is 13.7. The first-order valence-corrected chi connectivity index (χ1v) is 18.2. The van der Waals surface area contributed by atoms with Crippen LogP contribution in [0.1, 0.15) is 13.3 Å². The van der Waals surface area contributed by atoms with E-state index in [4.69, 9.17) is 13.3 Å². The van der Waals surface area contributed by atoms with Gasteiger partial charge in [-0.2, -0.15) is 0 Å². The van der Waals surface area contributed by atoms with Crippen molar-refractivity contribution in [2.75, 3.05) is 0 Å². The van der Waals surface area contributed by atoms with E-state index in [1.54, 1.807) is 0 Å². The van der Waals surface area contributed by atoms with Gasteiger partial charge in [-0.1, -0.05) is 13.3 Å². The summed E-state index contributed by atoms with van der Waals surface area (Å²) in [6.07, 6.45) is 1.18. The SMILES string of the molecule is CCC[Si](C)(O[SiH](C)C)[Si](C)(C)OO[Si](C)C. The van der Waals surface area contributed by atoms with Crippen LogP contribution >= 0.6 is 0 Å². The van der Waals surface area contributed by atoms with Crippen LogP contribution in [0.4, 0.5) is 0 Å². The second-order valence-electron chi connectivity index (χ2n) is 5.73. The van der Waals surface area contributed by atoms with E-state index >= 15 is 0 Å². The third kappa shape index (κ3) is 5.95. The molecule has 0 rings (SSSR count). The van der Waals surface area contributed by atoms with Crippen molar-refractivity contribution in [3.63, 3.8) is 0 Å². The van der Waals surface area contributed by atoms with Gasteiger partial charge in [-0.25, -0.2) is 0 Å². The summed E-state index contributed by atoms with van der Waals surface area (Å²) in [4.78, 5) is 0. The van der Waals surface area contributed by atoms with E-state index in [1.165, 1.54) is 12.5 Å². The van der Waals surface area contributed by atoms with Crippen LogP contribution in [-0.4, -0.2) is 33.8 Å². The number of rotatable bonds is 8. The van der Waals surface area contributed by atoms with Gasteiger partial charge in [0.25, 0.3) is 9.04 Å². The molecule has 17 heavy (non-hydrogen) atoms. The lowest BCUT2D eigenvalue weighted by molar-refractivity contribution is -0.113.